The molecular weight excluding hydrogens is 364 g/mol. The Hall–Kier alpha value is -2.22. The van der Waals surface area contributed by atoms with Crippen LogP contribution >= 0.6 is 11.6 Å². The predicted molar refractivity (Wildman–Crippen MR) is 98.0 cm³/mol. The van der Waals surface area contributed by atoms with Gasteiger partial charge in [-0.05, 0) is 48.2 Å². The molecule has 1 N–H and O–H groups in total. The van der Waals surface area contributed by atoms with Crippen LogP contribution in [0.3, 0.4) is 0 Å². The molecule has 0 spiro atoms. The number of nitrogens with one attached hydrogen (secondary N) is 1. The molecule has 2 rings (SSSR count). The average Bonchev–Trinajstić information content (AvgIpc) is 2.59. The van der Waals surface area contributed by atoms with Crippen LogP contribution in [0.4, 0.5) is 5.69 Å². The second kappa shape index (κ2) is 8.24. The number of nitro groups is 1. The maximum atomic E-state index is 12.1. The third-order valence-electron chi connectivity index (χ3n) is 3.56. The monoisotopic (exact) mass is 380 g/mol. The molecule has 0 radical (unpaired) electrons. The Balaban J connectivity index is 1.86. The first kappa shape index (κ1) is 19.1. The number of allylic oxidation sites excluding steroid dienone is 1. The summed E-state index contributed by atoms with van der Waals surface area (Å²) in [6.45, 7) is 4.23. The lowest BCUT2D eigenvalue weighted by atomic mass is 10.0. The van der Waals surface area contributed by atoms with E-state index in [1.165, 1.54) is 12.1 Å². The third kappa shape index (κ3) is 5.38. The Morgan fingerprint density at radius 2 is 1.72 bits per heavy atom. The van der Waals surface area contributed by atoms with E-state index in [0.717, 1.165) is 23.3 Å². The number of sulfonamides is 1. The van der Waals surface area contributed by atoms with Crippen LogP contribution < -0.4 is 4.72 Å². The molecule has 0 aliphatic rings. The second-order valence-corrected chi connectivity index (χ2v) is 7.57. The Kier molecular flexibility index (Phi) is 6.30. The average molecular weight is 381 g/mol. The van der Waals surface area contributed by atoms with E-state index < -0.39 is 14.9 Å². The van der Waals surface area contributed by atoms with Gasteiger partial charge in [0.2, 0.25) is 10.0 Å². The summed E-state index contributed by atoms with van der Waals surface area (Å²) in [6, 6.07) is 12.0. The van der Waals surface area contributed by atoms with Crippen LogP contribution in [0.5, 0.6) is 0 Å². The molecule has 0 atom stereocenters. The first-order valence-electron chi connectivity index (χ1n) is 7.47. The summed E-state index contributed by atoms with van der Waals surface area (Å²) in [5.41, 5.74) is 1.70. The van der Waals surface area contributed by atoms with Gasteiger partial charge in [0.15, 0.2) is 0 Å². The lowest BCUT2D eigenvalue weighted by Crippen LogP contribution is -2.24. The summed E-state index contributed by atoms with van der Waals surface area (Å²) in [6.07, 6.45) is 1.21. The topological polar surface area (TPSA) is 89.3 Å². The maximum Gasteiger partial charge on any atom is 0.269 e. The van der Waals surface area contributed by atoms with Gasteiger partial charge in [0, 0.05) is 23.7 Å². The minimum Gasteiger partial charge on any atom is -0.258 e. The van der Waals surface area contributed by atoms with E-state index in [-0.39, 0.29) is 17.1 Å². The standard InChI is InChI=1S/C17H17ClN2O4S/c1-13(14-4-6-15(18)7-5-14)3-2-12-19-25(23,24)17-10-8-16(9-11-17)20(21)22/h4-11,19H,1-3,12H2. The fourth-order valence-electron chi connectivity index (χ4n) is 2.17. The summed E-state index contributed by atoms with van der Waals surface area (Å²) in [5.74, 6) is 0. The molecule has 132 valence electrons. The van der Waals surface area contributed by atoms with Gasteiger partial charge < -0.3 is 0 Å². The van der Waals surface area contributed by atoms with Crippen molar-refractivity contribution < 1.29 is 13.3 Å². The van der Waals surface area contributed by atoms with Crippen molar-refractivity contribution in [3.8, 4) is 0 Å². The van der Waals surface area contributed by atoms with Gasteiger partial charge >= 0.3 is 0 Å². The van der Waals surface area contributed by atoms with Crippen LogP contribution in [0.1, 0.15) is 18.4 Å². The fraction of sp³-hybridized carbons (Fsp3) is 0.176. The van der Waals surface area contributed by atoms with Gasteiger partial charge in [-0.1, -0.05) is 30.3 Å². The van der Waals surface area contributed by atoms with E-state index in [9.17, 15) is 18.5 Å². The molecule has 2 aromatic carbocycles. The van der Waals surface area contributed by atoms with Crippen LogP contribution in [-0.2, 0) is 10.0 Å². The molecule has 25 heavy (non-hydrogen) atoms. The van der Waals surface area contributed by atoms with Gasteiger partial charge in [0.25, 0.3) is 5.69 Å². The molecule has 0 saturated heterocycles. The SMILES string of the molecule is C=C(CCCNS(=O)(=O)c1ccc([N+](=O)[O-])cc1)c1ccc(Cl)cc1. The van der Waals surface area contributed by atoms with E-state index in [1.54, 1.807) is 12.1 Å². The van der Waals surface area contributed by atoms with Gasteiger partial charge in [-0.15, -0.1) is 0 Å². The highest BCUT2D eigenvalue weighted by Gasteiger charge is 2.15. The van der Waals surface area contributed by atoms with Crippen molar-refractivity contribution in [2.45, 2.75) is 17.7 Å². The van der Waals surface area contributed by atoms with Gasteiger partial charge in [0.05, 0.1) is 9.82 Å². The highest BCUT2D eigenvalue weighted by molar-refractivity contribution is 7.89. The van der Waals surface area contributed by atoms with Gasteiger partial charge in [-0.25, -0.2) is 13.1 Å². The van der Waals surface area contributed by atoms with Crippen LogP contribution in [-0.4, -0.2) is 19.9 Å². The van der Waals surface area contributed by atoms with Crippen LogP contribution in [0, 0.1) is 10.1 Å². The molecule has 0 amide bonds. The molecule has 6 nitrogen and oxygen atoms in total. The number of hydrogen-bond donors (Lipinski definition) is 1. The van der Waals surface area contributed by atoms with Crippen molar-refractivity contribution in [2.75, 3.05) is 6.54 Å². The van der Waals surface area contributed by atoms with E-state index in [1.807, 2.05) is 12.1 Å². The minimum absolute atomic E-state index is 0.00497. The zero-order chi connectivity index (χ0) is 18.4. The van der Waals surface area contributed by atoms with Crippen LogP contribution in [0.2, 0.25) is 5.02 Å². The molecular formula is C17H17ClN2O4S. The Bertz CT molecular complexity index is 863. The number of nitrogens with zero attached hydrogens (tertiary/aromatic N) is 1. The van der Waals surface area contributed by atoms with Crippen molar-refractivity contribution in [3.05, 3.63) is 75.8 Å². The summed E-state index contributed by atoms with van der Waals surface area (Å²) in [5, 5.41) is 11.2. The highest BCUT2D eigenvalue weighted by Crippen LogP contribution is 2.20. The third-order valence-corrected chi connectivity index (χ3v) is 5.29. The lowest BCUT2D eigenvalue weighted by Gasteiger charge is -2.08. The number of non-ortho nitro benzene ring substituents is 1. The van der Waals surface area contributed by atoms with Crippen molar-refractivity contribution in [2.24, 2.45) is 0 Å². The van der Waals surface area contributed by atoms with Crippen molar-refractivity contribution >= 4 is 32.9 Å². The Morgan fingerprint density at radius 1 is 1.12 bits per heavy atom. The summed E-state index contributed by atoms with van der Waals surface area (Å²) >= 11 is 5.83. The molecule has 0 aliphatic heterocycles. The number of benzene rings is 2. The van der Waals surface area contributed by atoms with E-state index in [4.69, 9.17) is 11.6 Å². The van der Waals surface area contributed by atoms with E-state index in [2.05, 4.69) is 11.3 Å². The van der Waals surface area contributed by atoms with E-state index >= 15 is 0 Å². The number of rotatable bonds is 8. The van der Waals surface area contributed by atoms with Crippen LogP contribution in [0.15, 0.2) is 60.0 Å². The molecule has 0 unspecified atom stereocenters. The first-order valence-corrected chi connectivity index (χ1v) is 9.33. The van der Waals surface area contributed by atoms with Gasteiger partial charge in [-0.2, -0.15) is 0 Å². The highest BCUT2D eigenvalue weighted by atomic mass is 35.5. The minimum atomic E-state index is -3.69. The lowest BCUT2D eigenvalue weighted by molar-refractivity contribution is -0.384. The fourth-order valence-corrected chi connectivity index (χ4v) is 3.37. The molecule has 0 fully saturated rings. The molecule has 2 aromatic rings. The first-order chi connectivity index (χ1) is 11.8. The maximum absolute atomic E-state index is 12.1. The molecule has 0 saturated carbocycles. The Morgan fingerprint density at radius 3 is 2.28 bits per heavy atom. The molecule has 0 heterocycles. The zero-order valence-corrected chi connectivity index (χ0v) is 14.9. The van der Waals surface area contributed by atoms with Crippen molar-refractivity contribution in [3.63, 3.8) is 0 Å². The number of hydrogen-bond acceptors (Lipinski definition) is 4. The summed E-state index contributed by atoms with van der Waals surface area (Å²) in [4.78, 5) is 10.0. The Labute approximate surface area is 151 Å². The largest absolute Gasteiger partial charge is 0.269 e. The van der Waals surface area contributed by atoms with Gasteiger partial charge in [0.1, 0.15) is 0 Å². The zero-order valence-electron chi connectivity index (χ0n) is 13.3. The summed E-state index contributed by atoms with van der Waals surface area (Å²) < 4.78 is 26.8. The van der Waals surface area contributed by atoms with Crippen LogP contribution in [0.25, 0.3) is 5.57 Å². The molecule has 8 heteroatoms. The second-order valence-electron chi connectivity index (χ2n) is 5.36. The van der Waals surface area contributed by atoms with Crippen molar-refractivity contribution in [1.29, 1.82) is 0 Å². The molecule has 0 aromatic heterocycles. The number of nitro benzene ring substituents is 1. The molecule has 0 bridgehead atoms. The van der Waals surface area contributed by atoms with Gasteiger partial charge in [-0.3, -0.25) is 10.1 Å². The predicted octanol–water partition coefficient (Wildman–Crippen LogP) is 4.02. The smallest absolute Gasteiger partial charge is 0.258 e. The molecule has 0 aliphatic carbocycles. The number of halogens is 1. The van der Waals surface area contributed by atoms with E-state index in [0.29, 0.717) is 17.9 Å². The normalized spacial score (nSPS) is 11.2. The quantitative estimate of drug-likeness (QED) is 0.425. The summed E-state index contributed by atoms with van der Waals surface area (Å²) in [7, 11) is -3.69. The van der Waals surface area contributed by atoms with Crippen molar-refractivity contribution in [1.82, 2.24) is 4.72 Å².